The van der Waals surface area contributed by atoms with Gasteiger partial charge in [0.15, 0.2) is 0 Å². The van der Waals surface area contributed by atoms with Gasteiger partial charge >= 0.3 is 0 Å². The van der Waals surface area contributed by atoms with Gasteiger partial charge in [0, 0.05) is 24.2 Å². The minimum absolute atomic E-state index is 0.194. The van der Waals surface area contributed by atoms with Crippen molar-refractivity contribution in [3.8, 4) is 0 Å². The Morgan fingerprint density at radius 2 is 1.87 bits per heavy atom. The molecule has 1 heterocycles. The minimum Gasteiger partial charge on any atom is -0.329 e. The molecule has 1 aromatic heterocycles. The number of carbonyl (C=O) groups is 1. The van der Waals surface area contributed by atoms with E-state index in [9.17, 15) is 9.59 Å². The number of benzene rings is 2. The van der Waals surface area contributed by atoms with E-state index in [1.54, 1.807) is 48.3 Å². The van der Waals surface area contributed by atoms with E-state index >= 15 is 0 Å². The zero-order valence-corrected chi connectivity index (χ0v) is 19.2. The Morgan fingerprint density at radius 3 is 2.53 bits per heavy atom. The number of halogens is 3. The van der Waals surface area contributed by atoms with E-state index in [0.29, 0.717) is 43.9 Å². The van der Waals surface area contributed by atoms with Crippen molar-refractivity contribution in [1.29, 1.82) is 0 Å². The first kappa shape index (κ1) is 22.6. The summed E-state index contributed by atoms with van der Waals surface area (Å²) in [6.07, 6.45) is 1.73. The summed E-state index contributed by atoms with van der Waals surface area (Å²) in [5.41, 5.74) is 0.772. The summed E-state index contributed by atoms with van der Waals surface area (Å²) in [4.78, 5) is 32.6. The van der Waals surface area contributed by atoms with Crippen molar-refractivity contribution in [2.75, 3.05) is 6.54 Å². The number of unbranched alkanes of at least 4 members (excludes halogenated alkanes) is 1. The largest absolute Gasteiger partial charge is 0.329 e. The molecule has 158 valence electrons. The molecular formula is C22H22Cl3N3O2. The smallest absolute Gasteiger partial charge is 0.261 e. The maximum atomic E-state index is 13.3. The molecule has 3 rings (SSSR count). The van der Waals surface area contributed by atoms with Crippen LogP contribution >= 0.6 is 34.8 Å². The van der Waals surface area contributed by atoms with Gasteiger partial charge in [-0.25, -0.2) is 4.98 Å². The number of amides is 1. The molecule has 2 aromatic carbocycles. The van der Waals surface area contributed by atoms with Crippen LogP contribution in [-0.2, 0) is 7.05 Å². The zero-order chi connectivity index (χ0) is 22.0. The molecule has 0 spiro atoms. The van der Waals surface area contributed by atoms with Gasteiger partial charge in [-0.3, -0.25) is 14.2 Å². The maximum absolute atomic E-state index is 13.3. The molecule has 3 aromatic rings. The quantitative estimate of drug-likeness (QED) is 0.454. The highest BCUT2D eigenvalue weighted by atomic mass is 35.5. The van der Waals surface area contributed by atoms with Crippen LogP contribution in [-0.4, -0.2) is 26.9 Å². The first-order valence-electron chi connectivity index (χ1n) is 9.66. The lowest BCUT2D eigenvalue weighted by Crippen LogP contribution is -2.37. The van der Waals surface area contributed by atoms with Crippen LogP contribution in [0.3, 0.4) is 0 Å². The van der Waals surface area contributed by atoms with Crippen molar-refractivity contribution in [1.82, 2.24) is 14.5 Å². The molecular weight excluding hydrogens is 445 g/mol. The molecule has 1 amide bonds. The molecule has 0 radical (unpaired) electrons. The van der Waals surface area contributed by atoms with Gasteiger partial charge in [0.05, 0.1) is 27.0 Å². The molecule has 0 saturated heterocycles. The van der Waals surface area contributed by atoms with Crippen molar-refractivity contribution in [2.45, 2.75) is 32.7 Å². The fourth-order valence-electron chi connectivity index (χ4n) is 3.37. The standard InChI is InChI=1S/C22H22Cl3N3O2/c1-4-5-10-28(21(29)14-6-8-17(24)18(25)11-14)13(2)20-26-19-9-7-15(23)12-16(19)22(30)27(20)3/h6-9,11-13H,4-5,10H2,1-3H3. The summed E-state index contributed by atoms with van der Waals surface area (Å²) in [6.45, 7) is 4.44. The molecule has 0 aliphatic carbocycles. The van der Waals surface area contributed by atoms with Gasteiger partial charge in [-0.15, -0.1) is 0 Å². The number of hydrogen-bond acceptors (Lipinski definition) is 3. The maximum Gasteiger partial charge on any atom is 0.261 e. The Bertz CT molecular complexity index is 1160. The van der Waals surface area contributed by atoms with Crippen LogP contribution in [0.4, 0.5) is 0 Å². The highest BCUT2D eigenvalue weighted by Crippen LogP contribution is 2.27. The van der Waals surface area contributed by atoms with Crippen LogP contribution in [0.1, 0.15) is 48.9 Å². The minimum atomic E-state index is -0.434. The van der Waals surface area contributed by atoms with Crippen molar-refractivity contribution < 1.29 is 4.79 Å². The summed E-state index contributed by atoms with van der Waals surface area (Å²) < 4.78 is 1.48. The van der Waals surface area contributed by atoms with Crippen molar-refractivity contribution in [3.63, 3.8) is 0 Å². The summed E-state index contributed by atoms with van der Waals surface area (Å²) >= 11 is 18.2. The number of hydrogen-bond donors (Lipinski definition) is 0. The van der Waals surface area contributed by atoms with Gasteiger partial charge in [-0.2, -0.15) is 0 Å². The van der Waals surface area contributed by atoms with Crippen molar-refractivity contribution in [3.05, 3.63) is 73.2 Å². The van der Waals surface area contributed by atoms with Gasteiger partial charge in [0.25, 0.3) is 11.5 Å². The monoisotopic (exact) mass is 465 g/mol. The van der Waals surface area contributed by atoms with Crippen molar-refractivity contribution >= 4 is 51.6 Å². The van der Waals surface area contributed by atoms with Gasteiger partial charge in [0.1, 0.15) is 5.82 Å². The highest BCUT2D eigenvalue weighted by Gasteiger charge is 2.26. The lowest BCUT2D eigenvalue weighted by Gasteiger charge is -2.30. The first-order valence-corrected chi connectivity index (χ1v) is 10.8. The van der Waals surface area contributed by atoms with E-state index in [1.807, 2.05) is 6.92 Å². The highest BCUT2D eigenvalue weighted by molar-refractivity contribution is 6.42. The van der Waals surface area contributed by atoms with E-state index in [4.69, 9.17) is 34.8 Å². The Labute approximate surface area is 190 Å². The number of nitrogens with zero attached hydrogens (tertiary/aromatic N) is 3. The molecule has 0 bridgehead atoms. The van der Waals surface area contributed by atoms with Crippen LogP contribution in [0.25, 0.3) is 10.9 Å². The second-order valence-corrected chi connectivity index (χ2v) is 8.40. The van der Waals surface area contributed by atoms with Crippen LogP contribution in [0.5, 0.6) is 0 Å². The average Bonchev–Trinajstić information content (AvgIpc) is 2.73. The van der Waals surface area contributed by atoms with Crippen LogP contribution in [0, 0.1) is 0 Å². The predicted octanol–water partition coefficient (Wildman–Crippen LogP) is 5.90. The third-order valence-corrected chi connectivity index (χ3v) is 6.07. The number of aromatic nitrogens is 2. The third-order valence-electron chi connectivity index (χ3n) is 5.09. The number of rotatable bonds is 6. The predicted molar refractivity (Wildman–Crippen MR) is 123 cm³/mol. The number of carbonyl (C=O) groups excluding carboxylic acids is 1. The molecule has 0 aliphatic heterocycles. The molecule has 0 N–H and O–H groups in total. The van der Waals surface area contributed by atoms with E-state index < -0.39 is 6.04 Å². The summed E-state index contributed by atoms with van der Waals surface area (Å²) in [5, 5.41) is 1.62. The second-order valence-electron chi connectivity index (χ2n) is 7.15. The SMILES string of the molecule is CCCCN(C(=O)c1ccc(Cl)c(Cl)c1)C(C)c1nc2ccc(Cl)cc2c(=O)n1C. The first-order chi connectivity index (χ1) is 14.2. The van der Waals surface area contributed by atoms with Crippen LogP contribution in [0.2, 0.25) is 15.1 Å². The summed E-state index contributed by atoms with van der Waals surface area (Å²) in [7, 11) is 1.66. The summed E-state index contributed by atoms with van der Waals surface area (Å²) in [5.74, 6) is 0.305. The molecule has 1 atom stereocenters. The molecule has 0 saturated carbocycles. The topological polar surface area (TPSA) is 55.2 Å². The Kier molecular flexibility index (Phi) is 7.06. The molecule has 5 nitrogen and oxygen atoms in total. The molecule has 0 aliphatic rings. The van der Waals surface area contributed by atoms with E-state index in [0.717, 1.165) is 12.8 Å². The average molecular weight is 467 g/mol. The fourth-order valence-corrected chi connectivity index (χ4v) is 3.84. The molecule has 0 fully saturated rings. The Morgan fingerprint density at radius 1 is 1.13 bits per heavy atom. The lowest BCUT2D eigenvalue weighted by molar-refractivity contribution is 0.0677. The Hall–Kier alpha value is -2.08. The normalized spacial score (nSPS) is 12.2. The summed E-state index contributed by atoms with van der Waals surface area (Å²) in [6, 6.07) is 9.40. The molecule has 1 unspecified atom stereocenters. The van der Waals surface area contributed by atoms with Gasteiger partial charge < -0.3 is 4.90 Å². The Balaban J connectivity index is 2.07. The molecule has 30 heavy (non-hydrogen) atoms. The van der Waals surface area contributed by atoms with Crippen LogP contribution in [0.15, 0.2) is 41.2 Å². The lowest BCUT2D eigenvalue weighted by atomic mass is 10.1. The zero-order valence-electron chi connectivity index (χ0n) is 17.0. The van der Waals surface area contributed by atoms with Gasteiger partial charge in [-0.1, -0.05) is 48.1 Å². The second kappa shape index (κ2) is 9.38. The van der Waals surface area contributed by atoms with E-state index in [1.165, 1.54) is 4.57 Å². The molecule has 8 heteroatoms. The van der Waals surface area contributed by atoms with Crippen LogP contribution < -0.4 is 5.56 Å². The van der Waals surface area contributed by atoms with Gasteiger partial charge in [0.2, 0.25) is 0 Å². The number of fused-ring (bicyclic) bond motifs is 1. The third kappa shape index (κ3) is 4.48. The fraction of sp³-hybridized carbons (Fsp3) is 0.318. The van der Waals surface area contributed by atoms with E-state index in [2.05, 4.69) is 11.9 Å². The van der Waals surface area contributed by atoms with E-state index in [-0.39, 0.29) is 11.5 Å². The van der Waals surface area contributed by atoms with Gasteiger partial charge in [-0.05, 0) is 49.7 Å². The van der Waals surface area contributed by atoms with Crippen molar-refractivity contribution in [2.24, 2.45) is 7.05 Å².